The first-order chi connectivity index (χ1) is 13.2. The van der Waals surface area contributed by atoms with Gasteiger partial charge in [0.15, 0.2) is 0 Å². The predicted molar refractivity (Wildman–Crippen MR) is 114 cm³/mol. The Balaban J connectivity index is 1.98. The van der Waals surface area contributed by atoms with E-state index in [4.69, 9.17) is 4.74 Å². The lowest BCUT2D eigenvalue weighted by Crippen LogP contribution is -2.32. The molecule has 5 nitrogen and oxygen atoms in total. The highest BCUT2D eigenvalue weighted by atomic mass is 16.5. The Kier molecular flexibility index (Phi) is 7.61. The normalized spacial score (nSPS) is 13.6. The Morgan fingerprint density at radius 2 is 1.82 bits per heavy atom. The number of ether oxygens (including phenoxy) is 1. The molecule has 0 unspecified atom stereocenters. The van der Waals surface area contributed by atoms with Crippen LogP contribution in [0.4, 0.5) is 5.69 Å². The third-order valence-electron chi connectivity index (χ3n) is 4.81. The summed E-state index contributed by atoms with van der Waals surface area (Å²) in [4.78, 5) is 11.0. The number of nitrogens with one attached hydrogen (secondary N) is 2. The maximum atomic E-state index is 11.0. The van der Waals surface area contributed by atoms with E-state index in [0.717, 1.165) is 29.0 Å². The van der Waals surface area contributed by atoms with Crippen LogP contribution in [0.1, 0.15) is 50.5 Å². The molecule has 2 rings (SSSR count). The van der Waals surface area contributed by atoms with Crippen LogP contribution in [0.3, 0.4) is 0 Å². The molecule has 0 aliphatic carbocycles. The number of carbonyl (C=O) groups excluding carboxylic acids is 1. The number of anilines is 1. The molecule has 2 aromatic rings. The summed E-state index contributed by atoms with van der Waals surface area (Å²) in [6.45, 7) is 8.82. The first-order valence-corrected chi connectivity index (χ1v) is 9.63. The lowest BCUT2D eigenvalue weighted by atomic mass is 9.84. The molecule has 2 aromatic carbocycles. The molecule has 0 bridgehead atoms. The minimum Gasteiger partial charge on any atom is -0.497 e. The zero-order valence-electron chi connectivity index (χ0n) is 17.5. The number of aliphatic hydroxyl groups is 1. The molecule has 1 amide bonds. The van der Waals surface area contributed by atoms with E-state index in [0.29, 0.717) is 13.0 Å². The molecule has 0 saturated carbocycles. The summed E-state index contributed by atoms with van der Waals surface area (Å²) in [6.07, 6.45) is 0.882. The van der Waals surface area contributed by atoms with Crippen molar-refractivity contribution in [2.75, 3.05) is 19.0 Å². The molecule has 0 radical (unpaired) electrons. The highest BCUT2D eigenvalue weighted by Gasteiger charge is 2.20. The summed E-state index contributed by atoms with van der Waals surface area (Å²) in [5, 5.41) is 16.7. The van der Waals surface area contributed by atoms with Crippen LogP contribution in [-0.4, -0.2) is 31.2 Å². The number of hydrogen-bond donors (Lipinski definition) is 3. The van der Waals surface area contributed by atoms with Crippen LogP contribution in [0, 0.1) is 0 Å². The van der Waals surface area contributed by atoms with E-state index in [1.165, 1.54) is 5.56 Å². The second-order valence-electron chi connectivity index (χ2n) is 8.19. The van der Waals surface area contributed by atoms with Gasteiger partial charge in [0, 0.05) is 18.3 Å². The molecule has 0 saturated heterocycles. The number of rotatable bonds is 9. The third-order valence-corrected chi connectivity index (χ3v) is 4.81. The first-order valence-electron chi connectivity index (χ1n) is 9.63. The summed E-state index contributed by atoms with van der Waals surface area (Å²) in [6, 6.07) is 14.0. The first kappa shape index (κ1) is 21.9. The van der Waals surface area contributed by atoms with E-state index in [-0.39, 0.29) is 11.5 Å². The van der Waals surface area contributed by atoms with E-state index >= 15 is 0 Å². The Morgan fingerprint density at radius 1 is 1.14 bits per heavy atom. The number of amides is 1. The van der Waals surface area contributed by atoms with Crippen molar-refractivity contribution in [2.24, 2.45) is 0 Å². The van der Waals surface area contributed by atoms with Crippen molar-refractivity contribution in [1.82, 2.24) is 5.32 Å². The Bertz CT molecular complexity index is 766. The molecule has 0 aliphatic heterocycles. The van der Waals surface area contributed by atoms with Gasteiger partial charge in [0.1, 0.15) is 5.75 Å². The molecule has 2 atom stereocenters. The van der Waals surface area contributed by atoms with Gasteiger partial charge in [-0.15, -0.1) is 0 Å². The van der Waals surface area contributed by atoms with E-state index in [2.05, 4.69) is 50.5 Å². The quantitative estimate of drug-likeness (QED) is 0.575. The van der Waals surface area contributed by atoms with Crippen LogP contribution in [0.2, 0.25) is 0 Å². The zero-order valence-corrected chi connectivity index (χ0v) is 17.5. The molecule has 5 heteroatoms. The summed E-state index contributed by atoms with van der Waals surface area (Å²) in [7, 11) is 1.66. The van der Waals surface area contributed by atoms with Crippen molar-refractivity contribution in [3.05, 3.63) is 59.2 Å². The van der Waals surface area contributed by atoms with Crippen molar-refractivity contribution >= 4 is 12.1 Å². The minimum absolute atomic E-state index is 0.0973. The standard InChI is InChI=1S/C23H32N2O3/c1-16(12-17-6-9-19(28-5)10-7-17)24-14-22(27)18-8-11-20(23(2,3)4)21(13-18)25-15-26/h6-11,13,15-16,22,24,27H,12,14H2,1-5H3,(H,25,26)/t16-,22+/m0/s1. The smallest absolute Gasteiger partial charge is 0.211 e. The number of aliphatic hydroxyl groups excluding tert-OH is 1. The summed E-state index contributed by atoms with van der Waals surface area (Å²) in [5.41, 5.74) is 3.67. The van der Waals surface area contributed by atoms with Gasteiger partial charge in [-0.05, 0) is 53.6 Å². The molecular weight excluding hydrogens is 352 g/mol. The third kappa shape index (κ3) is 6.08. The van der Waals surface area contributed by atoms with Gasteiger partial charge in [-0.1, -0.05) is 45.0 Å². The van der Waals surface area contributed by atoms with Crippen LogP contribution in [-0.2, 0) is 16.6 Å². The monoisotopic (exact) mass is 384 g/mol. The predicted octanol–water partition coefficient (Wildman–Crippen LogP) is 3.82. The van der Waals surface area contributed by atoms with Crippen molar-refractivity contribution in [2.45, 2.75) is 51.7 Å². The topological polar surface area (TPSA) is 70.6 Å². The molecular formula is C23H32N2O3. The van der Waals surface area contributed by atoms with Crippen molar-refractivity contribution in [1.29, 1.82) is 0 Å². The molecule has 152 valence electrons. The maximum absolute atomic E-state index is 11.0. The van der Waals surface area contributed by atoms with E-state index < -0.39 is 6.10 Å². The highest BCUT2D eigenvalue weighted by molar-refractivity contribution is 5.74. The van der Waals surface area contributed by atoms with Gasteiger partial charge >= 0.3 is 0 Å². The fourth-order valence-electron chi connectivity index (χ4n) is 3.22. The van der Waals surface area contributed by atoms with E-state index in [1.807, 2.05) is 30.3 Å². The lowest BCUT2D eigenvalue weighted by Gasteiger charge is -2.24. The van der Waals surface area contributed by atoms with Crippen molar-refractivity contribution in [3.63, 3.8) is 0 Å². The Labute approximate surface area is 168 Å². The number of hydrogen-bond acceptors (Lipinski definition) is 4. The van der Waals surface area contributed by atoms with Gasteiger partial charge in [-0.3, -0.25) is 4.79 Å². The van der Waals surface area contributed by atoms with Crippen LogP contribution >= 0.6 is 0 Å². The Hall–Kier alpha value is -2.37. The second-order valence-corrected chi connectivity index (χ2v) is 8.19. The zero-order chi connectivity index (χ0) is 20.7. The van der Waals surface area contributed by atoms with Gasteiger partial charge in [-0.2, -0.15) is 0 Å². The average molecular weight is 385 g/mol. The van der Waals surface area contributed by atoms with Crippen molar-refractivity contribution < 1.29 is 14.6 Å². The molecule has 0 fully saturated rings. The van der Waals surface area contributed by atoms with Crippen LogP contribution < -0.4 is 15.4 Å². The average Bonchev–Trinajstić information content (AvgIpc) is 2.66. The molecule has 0 aliphatic rings. The van der Waals surface area contributed by atoms with Gasteiger partial charge in [-0.25, -0.2) is 0 Å². The molecule has 3 N–H and O–H groups in total. The van der Waals surface area contributed by atoms with Gasteiger partial charge in [0.05, 0.1) is 13.2 Å². The van der Waals surface area contributed by atoms with E-state index in [9.17, 15) is 9.90 Å². The van der Waals surface area contributed by atoms with Crippen LogP contribution in [0.15, 0.2) is 42.5 Å². The molecule has 0 aromatic heterocycles. The second kappa shape index (κ2) is 9.71. The molecule has 0 spiro atoms. The molecule has 0 heterocycles. The van der Waals surface area contributed by atoms with E-state index in [1.54, 1.807) is 7.11 Å². The van der Waals surface area contributed by atoms with Gasteiger partial charge in [0.25, 0.3) is 0 Å². The van der Waals surface area contributed by atoms with Gasteiger partial charge < -0.3 is 20.5 Å². The highest BCUT2D eigenvalue weighted by Crippen LogP contribution is 2.31. The van der Waals surface area contributed by atoms with Crippen molar-refractivity contribution in [3.8, 4) is 5.75 Å². The Morgan fingerprint density at radius 3 is 2.39 bits per heavy atom. The fraction of sp³-hybridized carbons (Fsp3) is 0.435. The maximum Gasteiger partial charge on any atom is 0.211 e. The summed E-state index contributed by atoms with van der Waals surface area (Å²) < 4.78 is 5.18. The fourth-order valence-corrected chi connectivity index (χ4v) is 3.22. The summed E-state index contributed by atoms with van der Waals surface area (Å²) >= 11 is 0. The largest absolute Gasteiger partial charge is 0.497 e. The number of methoxy groups -OCH3 is 1. The van der Waals surface area contributed by atoms with Crippen LogP contribution in [0.5, 0.6) is 5.75 Å². The number of carbonyl (C=O) groups is 1. The molecule has 28 heavy (non-hydrogen) atoms. The minimum atomic E-state index is -0.653. The summed E-state index contributed by atoms with van der Waals surface area (Å²) in [5.74, 6) is 0.846. The van der Waals surface area contributed by atoms with Gasteiger partial charge in [0.2, 0.25) is 6.41 Å². The van der Waals surface area contributed by atoms with Crippen LogP contribution in [0.25, 0.3) is 0 Å². The lowest BCUT2D eigenvalue weighted by molar-refractivity contribution is -0.105. The SMILES string of the molecule is COc1ccc(C[C@H](C)NC[C@@H](O)c2ccc(C(C)(C)C)c(NC=O)c2)cc1. The number of benzene rings is 2.